The second kappa shape index (κ2) is 8.93. The number of halogens is 1. The van der Waals surface area contributed by atoms with Crippen LogP contribution in [0.5, 0.6) is 0 Å². The number of nitrogens with zero attached hydrogens (tertiary/aromatic N) is 1. The van der Waals surface area contributed by atoms with E-state index in [4.69, 9.17) is 0 Å². The van der Waals surface area contributed by atoms with Gasteiger partial charge in [-0.05, 0) is 37.1 Å². The molecule has 0 heterocycles. The van der Waals surface area contributed by atoms with Crippen LogP contribution >= 0.6 is 0 Å². The van der Waals surface area contributed by atoms with Gasteiger partial charge in [0.1, 0.15) is 5.82 Å². The number of benzene rings is 2. The van der Waals surface area contributed by atoms with Gasteiger partial charge in [-0.1, -0.05) is 37.6 Å². The van der Waals surface area contributed by atoms with Crippen LogP contribution in [0.15, 0.2) is 42.5 Å². The zero-order valence-electron chi connectivity index (χ0n) is 13.2. The minimum atomic E-state index is -0.365. The third kappa shape index (κ3) is 4.66. The third-order valence-electron chi connectivity index (χ3n) is 3.29. The fourth-order valence-corrected chi connectivity index (χ4v) is 2.19. The predicted octanol–water partition coefficient (Wildman–Crippen LogP) is 3.59. The molecular weight excluding hydrogens is 279 g/mol. The third-order valence-corrected chi connectivity index (χ3v) is 3.29. The molecule has 0 aliphatic heterocycles. The minimum Gasteiger partial charge on any atom is -0.215 e. The van der Waals surface area contributed by atoms with Gasteiger partial charge in [0.25, 0.3) is 0 Å². The molecule has 1 unspecified atom stereocenters. The van der Waals surface area contributed by atoms with Crippen molar-refractivity contribution < 1.29 is 15.1 Å². The number of aryl methyl sites for hydroxylation is 1. The average Bonchev–Trinajstić information content (AvgIpc) is 2.55. The predicted molar refractivity (Wildman–Crippen MR) is 84.4 cm³/mol. The number of quaternary nitrogens is 1. The smallest absolute Gasteiger partial charge is 0.165 e. The summed E-state index contributed by atoms with van der Waals surface area (Å²) in [4.78, 5) is 0. The van der Waals surface area contributed by atoms with Gasteiger partial charge in [-0.25, -0.2) is 9.60 Å². The zero-order valence-corrected chi connectivity index (χ0v) is 13.2. The van der Waals surface area contributed by atoms with Crippen LogP contribution in [0, 0.1) is 24.1 Å². The molecule has 0 bridgehead atoms. The fourth-order valence-electron chi connectivity index (χ4n) is 2.19. The van der Waals surface area contributed by atoms with Crippen LogP contribution < -0.4 is 5.48 Å². The molecule has 0 aliphatic carbocycles. The van der Waals surface area contributed by atoms with Crippen molar-refractivity contribution in [2.24, 2.45) is 0 Å². The highest BCUT2D eigenvalue weighted by Gasteiger charge is 2.16. The molecule has 0 amide bonds. The van der Waals surface area contributed by atoms with E-state index in [1.54, 1.807) is 12.1 Å². The first kappa shape index (κ1) is 17.8. The number of nitriles is 1. The van der Waals surface area contributed by atoms with Crippen LogP contribution in [-0.2, 0) is 6.42 Å². The summed E-state index contributed by atoms with van der Waals surface area (Å²) >= 11 is 0. The Hall–Kier alpha value is -2.22. The van der Waals surface area contributed by atoms with Gasteiger partial charge in [-0.3, -0.25) is 0 Å². The van der Waals surface area contributed by atoms with Crippen molar-refractivity contribution in [2.75, 3.05) is 0 Å². The molecule has 3 N–H and O–H groups in total. The molecule has 116 valence electrons. The second-order valence-electron chi connectivity index (χ2n) is 4.77. The summed E-state index contributed by atoms with van der Waals surface area (Å²) in [6.45, 7) is 5.96. The van der Waals surface area contributed by atoms with Crippen LogP contribution in [0.1, 0.15) is 36.5 Å². The van der Waals surface area contributed by atoms with Crippen molar-refractivity contribution in [2.45, 2.75) is 33.1 Å². The number of hydrogen-bond acceptors (Lipinski definition) is 2. The Morgan fingerprint density at radius 1 is 1.18 bits per heavy atom. The SMILES string of the molecule is CC.Cc1ccc([NH2+]O)c(CC(C#N)c2ccc(F)cc2)c1. The molecule has 0 aliphatic rings. The molecular formula is C18H22FN2O+. The van der Waals surface area contributed by atoms with Gasteiger partial charge in [-0.2, -0.15) is 10.7 Å². The van der Waals surface area contributed by atoms with E-state index in [1.165, 1.54) is 12.1 Å². The van der Waals surface area contributed by atoms with E-state index in [0.717, 1.165) is 22.2 Å². The number of hydrogen-bond donors (Lipinski definition) is 2. The molecule has 4 heteroatoms. The van der Waals surface area contributed by atoms with Gasteiger partial charge in [0.2, 0.25) is 0 Å². The van der Waals surface area contributed by atoms with Gasteiger partial charge in [0.05, 0.1) is 12.0 Å². The highest BCUT2D eigenvalue weighted by molar-refractivity contribution is 5.43. The largest absolute Gasteiger partial charge is 0.215 e. The molecule has 0 aromatic heterocycles. The summed E-state index contributed by atoms with van der Waals surface area (Å²) in [6, 6.07) is 13.9. The van der Waals surface area contributed by atoms with Gasteiger partial charge in [0, 0.05) is 11.6 Å². The first-order chi connectivity index (χ1) is 10.6. The quantitative estimate of drug-likeness (QED) is 0.669. The van der Waals surface area contributed by atoms with Crippen molar-refractivity contribution in [1.29, 1.82) is 5.26 Å². The Labute approximate surface area is 131 Å². The van der Waals surface area contributed by atoms with E-state index < -0.39 is 0 Å². The van der Waals surface area contributed by atoms with Gasteiger partial charge >= 0.3 is 0 Å². The molecule has 0 saturated heterocycles. The summed E-state index contributed by atoms with van der Waals surface area (Å²) in [5, 5.41) is 18.6. The lowest BCUT2D eigenvalue weighted by Gasteiger charge is -2.11. The topological polar surface area (TPSA) is 60.6 Å². The molecule has 3 nitrogen and oxygen atoms in total. The molecule has 2 rings (SSSR count). The Kier molecular flexibility index (Phi) is 7.24. The summed E-state index contributed by atoms with van der Waals surface area (Å²) < 4.78 is 12.9. The van der Waals surface area contributed by atoms with E-state index >= 15 is 0 Å². The van der Waals surface area contributed by atoms with Gasteiger partial charge in [-0.15, -0.1) is 0 Å². The molecule has 0 spiro atoms. The van der Waals surface area contributed by atoms with Crippen molar-refractivity contribution in [1.82, 2.24) is 0 Å². The summed E-state index contributed by atoms with van der Waals surface area (Å²) in [5.74, 6) is -0.679. The van der Waals surface area contributed by atoms with Crippen molar-refractivity contribution in [3.63, 3.8) is 0 Å². The first-order valence-corrected chi connectivity index (χ1v) is 7.36. The van der Waals surface area contributed by atoms with Gasteiger partial charge < -0.3 is 0 Å². The number of rotatable bonds is 4. The monoisotopic (exact) mass is 301 g/mol. The van der Waals surface area contributed by atoms with Crippen LogP contribution in [0.3, 0.4) is 0 Å². The standard InChI is InChI=1S/C16H15FN2O.C2H6/c1-11-2-7-16(19-20)13(8-11)9-14(10-18)12-3-5-15(17)6-4-12;1-2/h2-8,14,19-20H,9H2,1H3;1-2H3/p+1. The van der Waals surface area contributed by atoms with E-state index in [0.29, 0.717) is 12.1 Å². The molecule has 2 aromatic rings. The van der Waals surface area contributed by atoms with Crippen LogP contribution in [0.2, 0.25) is 0 Å². The van der Waals surface area contributed by atoms with Crippen molar-refractivity contribution in [3.05, 3.63) is 65.0 Å². The summed E-state index contributed by atoms with van der Waals surface area (Å²) in [7, 11) is 0. The maximum absolute atomic E-state index is 12.9. The molecule has 0 radical (unpaired) electrons. The Balaban J connectivity index is 0.00000116. The molecule has 0 fully saturated rings. The van der Waals surface area contributed by atoms with Crippen LogP contribution in [0.4, 0.5) is 10.1 Å². The Morgan fingerprint density at radius 2 is 1.82 bits per heavy atom. The molecule has 1 atom stereocenters. The molecule has 2 aromatic carbocycles. The lowest BCUT2D eigenvalue weighted by atomic mass is 9.92. The van der Waals surface area contributed by atoms with E-state index in [1.807, 2.05) is 39.0 Å². The Morgan fingerprint density at radius 3 is 2.36 bits per heavy atom. The first-order valence-electron chi connectivity index (χ1n) is 7.36. The van der Waals surface area contributed by atoms with Crippen LogP contribution in [0.25, 0.3) is 0 Å². The maximum Gasteiger partial charge on any atom is 0.165 e. The lowest BCUT2D eigenvalue weighted by Crippen LogP contribution is -2.74. The number of nitrogens with two attached hydrogens (primary N) is 1. The highest BCUT2D eigenvalue weighted by atomic mass is 19.1. The van der Waals surface area contributed by atoms with E-state index in [2.05, 4.69) is 6.07 Å². The van der Waals surface area contributed by atoms with E-state index in [9.17, 15) is 14.9 Å². The van der Waals surface area contributed by atoms with Gasteiger partial charge in [0.15, 0.2) is 5.69 Å². The molecule has 22 heavy (non-hydrogen) atoms. The summed E-state index contributed by atoms with van der Waals surface area (Å²) in [6.07, 6.45) is 0.482. The minimum absolute atomic E-state index is 0.314. The zero-order chi connectivity index (χ0) is 16.5. The lowest BCUT2D eigenvalue weighted by molar-refractivity contribution is -0.826. The highest BCUT2D eigenvalue weighted by Crippen LogP contribution is 2.24. The van der Waals surface area contributed by atoms with Crippen molar-refractivity contribution in [3.8, 4) is 6.07 Å². The fraction of sp³-hybridized carbons (Fsp3) is 0.278. The summed E-state index contributed by atoms with van der Waals surface area (Å²) in [5.41, 5.74) is 4.51. The van der Waals surface area contributed by atoms with E-state index in [-0.39, 0.29) is 11.7 Å². The second-order valence-corrected chi connectivity index (χ2v) is 4.77. The maximum atomic E-state index is 12.9. The average molecular weight is 301 g/mol. The van der Waals surface area contributed by atoms with Crippen molar-refractivity contribution >= 4 is 5.69 Å². The molecule has 0 saturated carbocycles. The Bertz CT molecular complexity index is 633. The normalized spacial score (nSPS) is 11.1. The van der Waals surface area contributed by atoms with Crippen LogP contribution in [-0.4, -0.2) is 5.21 Å².